The lowest BCUT2D eigenvalue weighted by atomic mass is 10.0. The van der Waals surface area contributed by atoms with Crippen LogP contribution in [0, 0.1) is 0 Å². The topological polar surface area (TPSA) is 438 Å². The molecule has 0 heterocycles. The predicted molar refractivity (Wildman–Crippen MR) is 232 cm³/mol. The van der Waals surface area contributed by atoms with Crippen molar-refractivity contribution in [3.63, 3.8) is 0 Å². The first kappa shape index (κ1) is 55.8. The van der Waals surface area contributed by atoms with Crippen molar-refractivity contribution >= 4 is 90.4 Å². The van der Waals surface area contributed by atoms with E-state index in [0.717, 1.165) is 0 Å². The van der Waals surface area contributed by atoms with Gasteiger partial charge in [-0.25, -0.2) is 4.79 Å². The molecule has 0 fully saturated rings. The fourth-order valence-electron chi connectivity index (χ4n) is 5.17. The van der Waals surface area contributed by atoms with Gasteiger partial charge < -0.3 is 80.2 Å². The average molecular weight is 945 g/mol. The van der Waals surface area contributed by atoms with Gasteiger partial charge in [0.25, 0.3) is 0 Å². The summed E-state index contributed by atoms with van der Waals surface area (Å²) < 4.78 is 0. The van der Waals surface area contributed by atoms with Gasteiger partial charge in [-0.05, 0) is 24.8 Å². The van der Waals surface area contributed by atoms with Crippen LogP contribution in [-0.4, -0.2) is 172 Å². The number of guanidine groups is 1. The number of nitrogens with two attached hydrogens (primary N) is 3. The maximum absolute atomic E-state index is 13.9. The Labute approximate surface area is 377 Å². The van der Waals surface area contributed by atoms with Gasteiger partial charge in [0.2, 0.25) is 47.3 Å². The largest absolute Gasteiger partial charge is 0.481 e. The van der Waals surface area contributed by atoms with Gasteiger partial charge in [0, 0.05) is 30.9 Å². The Bertz CT molecular complexity index is 1810. The molecule has 8 amide bonds. The lowest BCUT2D eigenvalue weighted by Gasteiger charge is -2.27. The van der Waals surface area contributed by atoms with Crippen molar-refractivity contribution in [2.45, 2.75) is 74.4 Å². The van der Waals surface area contributed by atoms with Crippen molar-refractivity contribution in [3.05, 3.63) is 35.9 Å². The SMILES string of the molecule is NC(N)=NCCC[C@H](NC(=O)[C@@H](N)CS)C(=O)N[C@@H](Cc1ccccc1)C(=O)N[C@@H](CCC(=O)O)C(=O)N[C@@H](CO)C(=O)N[C@@H](CO)C(=O)NCC(=O)NCC(=O)N[C@@H](CS)C(=O)O. The summed E-state index contributed by atoms with van der Waals surface area (Å²) in [6, 6.07) is -2.25. The highest BCUT2D eigenvalue weighted by molar-refractivity contribution is 7.80. The number of hydrogen-bond donors (Lipinski definition) is 17. The van der Waals surface area contributed by atoms with E-state index in [0.29, 0.717) is 5.56 Å². The molecule has 0 saturated carbocycles. The van der Waals surface area contributed by atoms with E-state index in [-0.39, 0.29) is 43.3 Å². The summed E-state index contributed by atoms with van der Waals surface area (Å²) >= 11 is 7.80. The van der Waals surface area contributed by atoms with Crippen molar-refractivity contribution in [1.82, 2.24) is 42.5 Å². The maximum Gasteiger partial charge on any atom is 0.327 e. The van der Waals surface area contributed by atoms with Crippen molar-refractivity contribution < 1.29 is 68.4 Å². The molecule has 1 aromatic rings. The van der Waals surface area contributed by atoms with E-state index in [1.165, 1.54) is 0 Å². The number of carboxylic acid groups (broad SMARTS) is 2. The molecule has 0 bridgehead atoms. The summed E-state index contributed by atoms with van der Waals surface area (Å²) in [5.41, 5.74) is 17.1. The van der Waals surface area contributed by atoms with Gasteiger partial charge in [-0.3, -0.25) is 48.1 Å². The minimum atomic E-state index is -1.86. The highest BCUT2D eigenvalue weighted by Crippen LogP contribution is 2.08. The summed E-state index contributed by atoms with van der Waals surface area (Å²) in [7, 11) is 0. The summed E-state index contributed by atoms with van der Waals surface area (Å²) in [6.45, 7) is -3.53. The molecule has 0 aliphatic heterocycles. The van der Waals surface area contributed by atoms with Crippen LogP contribution < -0.4 is 59.7 Å². The van der Waals surface area contributed by atoms with E-state index in [2.05, 4.69) is 72.8 Å². The number of benzene rings is 1. The number of amides is 8. The maximum atomic E-state index is 13.9. The Kier molecular flexibility index (Phi) is 26.1. The van der Waals surface area contributed by atoms with Crippen LogP contribution in [-0.2, 0) is 54.4 Å². The van der Waals surface area contributed by atoms with Crippen LogP contribution >= 0.6 is 25.3 Å². The number of thiol groups is 2. The van der Waals surface area contributed by atoms with Gasteiger partial charge >= 0.3 is 11.9 Å². The van der Waals surface area contributed by atoms with E-state index >= 15 is 0 Å². The standard InChI is InChI=1S/C36H56N12O14S2/c37-19(16-63)29(55)44-20(7-4-10-40-36(38)39)31(57)46-22(11-18-5-2-1-3-6-18)33(59)45-21(8-9-28(53)54)32(58)48-24(15-50)34(60)47-23(14-49)30(56)42-12-26(51)41-13-27(52)43-25(17-64)35(61)62/h1-3,5-6,19-25,49-50,63-64H,4,7-17,37H2,(H,41,51)(H,42,56)(H,43,52)(H,44,55)(H,45,59)(H,46,57)(H,47,60)(H,48,58)(H,53,54)(H,61,62)(H4,38,39,40)/t19-,20-,21-,22-,23-,24-,25-/m0/s1. The van der Waals surface area contributed by atoms with Gasteiger partial charge in [0.05, 0.1) is 32.3 Å². The third kappa shape index (κ3) is 21.7. The smallest absolute Gasteiger partial charge is 0.327 e. The number of nitrogens with zero attached hydrogens (tertiary/aromatic N) is 1. The minimum Gasteiger partial charge on any atom is -0.481 e. The molecule has 356 valence electrons. The zero-order chi connectivity index (χ0) is 48.4. The second-order valence-electron chi connectivity index (χ2n) is 13.7. The molecule has 0 saturated heterocycles. The van der Waals surface area contributed by atoms with Crippen molar-refractivity contribution in [1.29, 1.82) is 0 Å². The van der Waals surface area contributed by atoms with Crippen LogP contribution in [0.15, 0.2) is 35.3 Å². The molecule has 18 N–H and O–H groups in total. The summed E-state index contributed by atoms with van der Waals surface area (Å²) in [5.74, 6) is -11.2. The Morgan fingerprint density at radius 3 is 1.62 bits per heavy atom. The molecule has 0 unspecified atom stereocenters. The van der Waals surface area contributed by atoms with E-state index in [1.54, 1.807) is 30.3 Å². The summed E-state index contributed by atoms with van der Waals surface area (Å²) in [4.78, 5) is 130. The summed E-state index contributed by atoms with van der Waals surface area (Å²) in [6.07, 6.45) is -1.26. The number of hydrogen-bond acceptors (Lipinski definition) is 16. The normalized spacial score (nSPS) is 14.0. The molecule has 0 aromatic heterocycles. The fraction of sp³-hybridized carbons (Fsp3) is 0.528. The van der Waals surface area contributed by atoms with Crippen LogP contribution in [0.3, 0.4) is 0 Å². The highest BCUT2D eigenvalue weighted by Gasteiger charge is 2.33. The van der Waals surface area contributed by atoms with E-state index in [9.17, 15) is 63.3 Å². The highest BCUT2D eigenvalue weighted by atomic mass is 32.1. The average Bonchev–Trinajstić information content (AvgIpc) is 3.26. The second kappa shape index (κ2) is 30.0. The van der Waals surface area contributed by atoms with E-state index in [1.807, 2.05) is 0 Å². The summed E-state index contributed by atoms with van der Waals surface area (Å²) in [5, 5.41) is 56.1. The molecule has 26 nitrogen and oxygen atoms in total. The fourth-order valence-corrected chi connectivity index (χ4v) is 5.58. The molecule has 0 spiro atoms. The number of aliphatic carboxylic acids is 2. The number of nitrogens with one attached hydrogen (secondary N) is 8. The first-order chi connectivity index (χ1) is 30.3. The minimum absolute atomic E-state index is 0.0229. The van der Waals surface area contributed by atoms with Gasteiger partial charge in [0.15, 0.2) is 5.96 Å². The lowest BCUT2D eigenvalue weighted by molar-refractivity contribution is -0.141. The Balaban J connectivity index is 3.18. The Hall–Kier alpha value is -6.23. The first-order valence-electron chi connectivity index (χ1n) is 19.3. The monoisotopic (exact) mass is 944 g/mol. The van der Waals surface area contributed by atoms with Crippen LogP contribution in [0.1, 0.15) is 31.2 Å². The third-order valence-corrected chi connectivity index (χ3v) is 9.38. The van der Waals surface area contributed by atoms with E-state index < -0.39 is 141 Å². The van der Waals surface area contributed by atoms with Crippen LogP contribution in [0.5, 0.6) is 0 Å². The van der Waals surface area contributed by atoms with E-state index in [4.69, 9.17) is 22.3 Å². The molecule has 7 atom stereocenters. The zero-order valence-corrected chi connectivity index (χ0v) is 36.1. The number of carbonyl (C=O) groups excluding carboxylic acids is 8. The van der Waals surface area contributed by atoms with Crippen molar-refractivity contribution in [2.24, 2.45) is 22.2 Å². The van der Waals surface area contributed by atoms with Crippen LogP contribution in [0.4, 0.5) is 0 Å². The van der Waals surface area contributed by atoms with Crippen molar-refractivity contribution in [3.8, 4) is 0 Å². The number of carbonyl (C=O) groups is 10. The van der Waals surface area contributed by atoms with Gasteiger partial charge in [-0.15, -0.1) is 0 Å². The van der Waals surface area contributed by atoms with Crippen LogP contribution in [0.2, 0.25) is 0 Å². The third-order valence-electron chi connectivity index (χ3n) is 8.62. The molecule has 64 heavy (non-hydrogen) atoms. The second-order valence-corrected chi connectivity index (χ2v) is 14.4. The molecule has 1 rings (SSSR count). The number of carboxylic acids is 2. The number of aliphatic imine (C=N–C) groups is 1. The zero-order valence-electron chi connectivity index (χ0n) is 34.4. The van der Waals surface area contributed by atoms with Gasteiger partial charge in [-0.2, -0.15) is 25.3 Å². The first-order valence-corrected chi connectivity index (χ1v) is 20.6. The van der Waals surface area contributed by atoms with Crippen molar-refractivity contribution in [2.75, 3.05) is 44.4 Å². The molecule has 0 radical (unpaired) electrons. The predicted octanol–water partition coefficient (Wildman–Crippen LogP) is -7.46. The Morgan fingerprint density at radius 2 is 1.09 bits per heavy atom. The molecule has 0 aliphatic carbocycles. The number of aliphatic hydroxyl groups excluding tert-OH is 2. The number of aliphatic hydroxyl groups is 2. The number of rotatable bonds is 30. The molecule has 1 aromatic carbocycles. The molecule has 0 aliphatic rings. The molecule has 28 heteroatoms. The lowest BCUT2D eigenvalue weighted by Crippen LogP contribution is -2.60. The van der Waals surface area contributed by atoms with Crippen LogP contribution in [0.25, 0.3) is 0 Å². The Morgan fingerprint density at radius 1 is 0.594 bits per heavy atom. The molecular formula is C36H56N12O14S2. The quantitative estimate of drug-likeness (QED) is 0.0147. The molecular weight excluding hydrogens is 889 g/mol. The van der Waals surface area contributed by atoms with Gasteiger partial charge in [-0.1, -0.05) is 30.3 Å². The van der Waals surface area contributed by atoms with Gasteiger partial charge in [0.1, 0.15) is 36.3 Å².